The third-order valence-corrected chi connectivity index (χ3v) is 5.14. The molecule has 0 radical (unpaired) electrons. The van der Waals surface area contributed by atoms with Crippen molar-refractivity contribution in [3.8, 4) is 0 Å². The fourth-order valence-corrected chi connectivity index (χ4v) is 3.86. The highest BCUT2D eigenvalue weighted by Crippen LogP contribution is 2.39. The first-order valence-electron chi connectivity index (χ1n) is 9.67. The molecule has 3 rings (SSSR count). The van der Waals surface area contributed by atoms with Gasteiger partial charge in [-0.25, -0.2) is 9.59 Å². The maximum Gasteiger partial charge on any atom is 0.444 e. The lowest BCUT2D eigenvalue weighted by molar-refractivity contribution is -0.140. The molecule has 1 atom stereocenters. The van der Waals surface area contributed by atoms with E-state index in [1.54, 1.807) is 13.8 Å². The third-order valence-electron chi connectivity index (χ3n) is 5.14. The lowest BCUT2D eigenvalue weighted by Gasteiger charge is -2.32. The number of ether oxygens (including phenoxy) is 2. The van der Waals surface area contributed by atoms with Crippen molar-refractivity contribution in [1.29, 1.82) is 0 Å². The van der Waals surface area contributed by atoms with Crippen LogP contribution in [0.3, 0.4) is 0 Å². The summed E-state index contributed by atoms with van der Waals surface area (Å²) in [4.78, 5) is 31.0. The predicted octanol–water partition coefficient (Wildman–Crippen LogP) is 4.36. The van der Waals surface area contributed by atoms with Gasteiger partial charge in [-0.3, -0.25) is 0 Å². The summed E-state index contributed by atoms with van der Waals surface area (Å²) in [5.74, 6) is 0.171. The Hall–Kier alpha value is -2.50. The second-order valence-electron chi connectivity index (χ2n) is 6.99. The highest BCUT2D eigenvalue weighted by molar-refractivity contribution is 5.92. The van der Waals surface area contributed by atoms with Crippen molar-refractivity contribution in [2.45, 2.75) is 58.6 Å². The van der Waals surface area contributed by atoms with Crippen LogP contribution in [0.4, 0.5) is 4.79 Å². The minimum atomic E-state index is -0.576. The maximum atomic E-state index is 12.7. The van der Waals surface area contributed by atoms with Crippen molar-refractivity contribution < 1.29 is 23.9 Å². The van der Waals surface area contributed by atoms with Crippen LogP contribution in [0.25, 0.3) is 0 Å². The van der Waals surface area contributed by atoms with Gasteiger partial charge in [-0.15, -0.1) is 5.06 Å². The highest BCUT2D eigenvalue weighted by Gasteiger charge is 2.46. The number of carbonyl (C=O) groups excluding carboxylic acids is 2. The fourth-order valence-electron chi connectivity index (χ4n) is 3.86. The summed E-state index contributed by atoms with van der Waals surface area (Å²) in [7, 11) is 0. The molecule has 146 valence electrons. The first-order valence-corrected chi connectivity index (χ1v) is 9.67. The number of allylic oxidation sites excluding steroid dienone is 1. The maximum absolute atomic E-state index is 12.7. The van der Waals surface area contributed by atoms with Gasteiger partial charge in [0.2, 0.25) is 0 Å². The molecule has 0 bridgehead atoms. The molecule has 0 aromatic heterocycles. The molecule has 6 nitrogen and oxygen atoms in total. The molecule has 1 aliphatic heterocycles. The molecule has 1 aromatic carbocycles. The molecule has 1 fully saturated rings. The molecule has 2 aliphatic rings. The number of benzene rings is 1. The molecule has 1 saturated carbocycles. The van der Waals surface area contributed by atoms with Gasteiger partial charge in [-0.2, -0.15) is 0 Å². The van der Waals surface area contributed by atoms with Crippen molar-refractivity contribution in [1.82, 2.24) is 5.06 Å². The van der Waals surface area contributed by atoms with Crippen molar-refractivity contribution in [3.05, 3.63) is 47.2 Å². The van der Waals surface area contributed by atoms with E-state index in [1.165, 1.54) is 11.5 Å². The van der Waals surface area contributed by atoms with Gasteiger partial charge in [-0.05, 0) is 38.2 Å². The van der Waals surface area contributed by atoms with Gasteiger partial charge in [0.05, 0.1) is 6.61 Å². The molecular weight excluding hydrogens is 346 g/mol. The zero-order valence-corrected chi connectivity index (χ0v) is 16.0. The summed E-state index contributed by atoms with van der Waals surface area (Å²) in [6, 6.07) is 9.03. The quantitative estimate of drug-likeness (QED) is 0.718. The monoisotopic (exact) mass is 373 g/mol. The first kappa shape index (κ1) is 19.3. The lowest BCUT2D eigenvalue weighted by atomic mass is 9.81. The molecule has 0 N–H and O–H groups in total. The summed E-state index contributed by atoms with van der Waals surface area (Å²) < 4.78 is 10.7. The molecule has 1 heterocycles. The van der Waals surface area contributed by atoms with Crippen LogP contribution in [0.15, 0.2) is 41.7 Å². The summed E-state index contributed by atoms with van der Waals surface area (Å²) in [5.41, 5.74) is 1.34. The first-order chi connectivity index (χ1) is 13.1. The molecular formula is C21H27NO5. The average molecular weight is 373 g/mol. The van der Waals surface area contributed by atoms with E-state index < -0.39 is 18.1 Å². The molecule has 0 spiro atoms. The highest BCUT2D eigenvalue weighted by atomic mass is 16.7. The normalized spacial score (nSPS) is 20.4. The molecule has 1 amide bonds. The molecule has 27 heavy (non-hydrogen) atoms. The minimum Gasteiger partial charge on any atom is -0.462 e. The van der Waals surface area contributed by atoms with E-state index in [9.17, 15) is 9.59 Å². The number of carbonyl (C=O) groups is 2. The van der Waals surface area contributed by atoms with E-state index in [2.05, 4.69) is 0 Å². The van der Waals surface area contributed by atoms with Crippen LogP contribution in [0.1, 0.15) is 51.5 Å². The summed E-state index contributed by atoms with van der Waals surface area (Å²) in [5, 5.41) is 1.24. The Morgan fingerprint density at radius 2 is 1.81 bits per heavy atom. The largest absolute Gasteiger partial charge is 0.462 e. The molecule has 0 saturated heterocycles. The molecule has 1 aromatic rings. The Bertz CT molecular complexity index is 694. The summed E-state index contributed by atoms with van der Waals surface area (Å²) in [6.07, 6.45) is 4.68. The van der Waals surface area contributed by atoms with Crippen LogP contribution < -0.4 is 0 Å². The minimum absolute atomic E-state index is 0.157. The SMILES string of the molecule is CCOC(=O)C1=C(C)ON(C(=O)OCc2ccccc2)C1C1CCCCC1. The van der Waals surface area contributed by atoms with Gasteiger partial charge in [0.25, 0.3) is 0 Å². The average Bonchev–Trinajstić information content (AvgIpc) is 3.05. The van der Waals surface area contributed by atoms with Gasteiger partial charge in [0.15, 0.2) is 0 Å². The van der Waals surface area contributed by atoms with Gasteiger partial charge >= 0.3 is 12.1 Å². The standard InChI is InChI=1S/C21H27NO5/c1-3-25-20(23)18-15(2)27-22(19(18)17-12-8-5-9-13-17)21(24)26-14-16-10-6-4-7-11-16/h4,6-7,10-11,17,19H,3,5,8-9,12-14H2,1-2H3. The molecule has 6 heteroatoms. The molecule has 1 unspecified atom stereocenters. The van der Waals surface area contributed by atoms with Crippen LogP contribution in [-0.4, -0.2) is 29.8 Å². The van der Waals surface area contributed by atoms with Gasteiger partial charge in [0, 0.05) is 0 Å². The van der Waals surface area contributed by atoms with Crippen LogP contribution in [0.5, 0.6) is 0 Å². The number of hydrogen-bond acceptors (Lipinski definition) is 5. The number of amides is 1. The summed E-state index contributed by atoms with van der Waals surface area (Å²) >= 11 is 0. The topological polar surface area (TPSA) is 65.1 Å². The predicted molar refractivity (Wildman–Crippen MR) is 99.2 cm³/mol. The Balaban J connectivity index is 1.76. The van der Waals surface area contributed by atoms with E-state index in [0.717, 1.165) is 31.2 Å². The fraction of sp³-hybridized carbons (Fsp3) is 0.524. The van der Waals surface area contributed by atoms with E-state index >= 15 is 0 Å². The number of esters is 1. The number of hydroxylamine groups is 2. The van der Waals surface area contributed by atoms with Gasteiger partial charge in [0.1, 0.15) is 24.0 Å². The second kappa shape index (κ2) is 8.93. The Morgan fingerprint density at radius 3 is 2.48 bits per heavy atom. The Labute approximate surface area is 160 Å². The van der Waals surface area contributed by atoms with Gasteiger partial charge < -0.3 is 14.3 Å². The van der Waals surface area contributed by atoms with Crippen molar-refractivity contribution in [2.75, 3.05) is 6.61 Å². The van der Waals surface area contributed by atoms with E-state index in [4.69, 9.17) is 14.3 Å². The van der Waals surface area contributed by atoms with Crippen molar-refractivity contribution >= 4 is 12.1 Å². The van der Waals surface area contributed by atoms with Crippen LogP contribution >= 0.6 is 0 Å². The van der Waals surface area contributed by atoms with Crippen LogP contribution in [-0.2, 0) is 25.7 Å². The number of rotatable bonds is 5. The number of nitrogens with zero attached hydrogens (tertiary/aromatic N) is 1. The molecule has 1 aliphatic carbocycles. The van der Waals surface area contributed by atoms with Crippen molar-refractivity contribution in [2.24, 2.45) is 5.92 Å². The van der Waals surface area contributed by atoms with E-state index in [-0.39, 0.29) is 19.1 Å². The zero-order valence-electron chi connectivity index (χ0n) is 16.0. The summed E-state index contributed by atoms with van der Waals surface area (Å²) in [6.45, 7) is 3.91. The Kier molecular flexibility index (Phi) is 6.37. The third kappa shape index (κ3) is 4.43. The lowest BCUT2D eigenvalue weighted by Crippen LogP contribution is -2.43. The smallest absolute Gasteiger partial charge is 0.444 e. The number of hydrogen-bond donors (Lipinski definition) is 0. The van der Waals surface area contributed by atoms with Gasteiger partial charge in [-0.1, -0.05) is 49.6 Å². The van der Waals surface area contributed by atoms with E-state index in [1.807, 2.05) is 30.3 Å². The van der Waals surface area contributed by atoms with Crippen LogP contribution in [0.2, 0.25) is 0 Å². The van der Waals surface area contributed by atoms with E-state index in [0.29, 0.717) is 11.3 Å². The van der Waals surface area contributed by atoms with Crippen LogP contribution in [0, 0.1) is 5.92 Å². The zero-order chi connectivity index (χ0) is 19.2. The second-order valence-corrected chi connectivity index (χ2v) is 6.99. The van der Waals surface area contributed by atoms with Crippen molar-refractivity contribution in [3.63, 3.8) is 0 Å². The Morgan fingerprint density at radius 1 is 1.11 bits per heavy atom.